The molecule has 4 nitrogen and oxygen atoms in total. The van der Waals surface area contributed by atoms with Crippen LogP contribution in [0, 0.1) is 0 Å². The molecule has 0 radical (unpaired) electrons. The van der Waals surface area contributed by atoms with Gasteiger partial charge >= 0.3 is 0 Å². The number of fused-ring (bicyclic) bond motifs is 1. The molecule has 0 spiro atoms. The Morgan fingerprint density at radius 3 is 2.71 bits per heavy atom. The van der Waals surface area contributed by atoms with Gasteiger partial charge in [-0.1, -0.05) is 30.1 Å². The largest absolute Gasteiger partial charge is 0.304 e. The molecule has 0 aliphatic heterocycles. The quantitative estimate of drug-likeness (QED) is 0.874. The number of hydrogen-bond acceptors (Lipinski definition) is 3. The highest BCUT2D eigenvalue weighted by Crippen LogP contribution is 2.22. The van der Waals surface area contributed by atoms with Crippen LogP contribution in [0.25, 0.3) is 5.65 Å². The van der Waals surface area contributed by atoms with E-state index in [-0.39, 0.29) is 11.5 Å². The lowest BCUT2D eigenvalue weighted by Gasteiger charge is -1.95. The first-order valence-corrected chi connectivity index (χ1v) is 7.52. The number of rotatable bonds is 3. The molecule has 0 unspecified atom stereocenters. The first kappa shape index (κ1) is 12.7. The minimum Gasteiger partial charge on any atom is -0.304 e. The number of imidazole rings is 1. The van der Waals surface area contributed by atoms with Gasteiger partial charge in [-0.2, -0.15) is 0 Å². The fraction of sp³-hybridized carbons (Fsp3) is 0.300. The van der Waals surface area contributed by atoms with Gasteiger partial charge in [-0.15, -0.1) is 0 Å². The third-order valence-electron chi connectivity index (χ3n) is 2.33. The Bertz CT molecular complexity index is 664. The maximum Gasteiger partial charge on any atom is 0.155 e. The maximum atomic E-state index is 11.5. The van der Waals surface area contributed by atoms with Crippen molar-refractivity contribution in [3.63, 3.8) is 0 Å². The van der Waals surface area contributed by atoms with Gasteiger partial charge in [-0.3, -0.25) is 0 Å². The summed E-state index contributed by atoms with van der Waals surface area (Å²) in [5, 5.41) is 0.877. The Morgan fingerprint density at radius 1 is 1.35 bits per heavy atom. The van der Waals surface area contributed by atoms with Gasteiger partial charge in [-0.25, -0.2) is 13.4 Å². The molecule has 0 bridgehead atoms. The second kappa shape index (κ2) is 4.48. The topological polar surface area (TPSA) is 51.4 Å². The molecule has 0 atom stereocenters. The summed E-state index contributed by atoms with van der Waals surface area (Å²) in [7, 11) is -3.10. The Morgan fingerprint density at radius 2 is 2.06 bits per heavy atom. The summed E-state index contributed by atoms with van der Waals surface area (Å²) in [6, 6.07) is 1.57. The summed E-state index contributed by atoms with van der Waals surface area (Å²) in [6.07, 6.45) is 3.26. The van der Waals surface area contributed by atoms with Crippen molar-refractivity contribution in [3.8, 4) is 0 Å². The predicted octanol–water partition coefficient (Wildman–Crippen LogP) is 2.58. The van der Waals surface area contributed by atoms with Crippen molar-refractivity contribution in [3.05, 3.63) is 34.2 Å². The Labute approximate surface area is 109 Å². The average Bonchev–Trinajstić information content (AvgIpc) is 2.59. The molecule has 2 rings (SSSR count). The lowest BCUT2D eigenvalue weighted by atomic mass is 10.5. The van der Waals surface area contributed by atoms with E-state index in [1.54, 1.807) is 29.8 Å². The molecule has 0 aliphatic carbocycles. The molecule has 0 aliphatic rings. The minimum absolute atomic E-state index is 0.0842. The van der Waals surface area contributed by atoms with Crippen LogP contribution < -0.4 is 0 Å². The van der Waals surface area contributed by atoms with Crippen molar-refractivity contribution >= 4 is 38.7 Å². The van der Waals surface area contributed by atoms with Crippen LogP contribution >= 0.6 is 23.2 Å². The Hall–Kier alpha value is -0.780. The van der Waals surface area contributed by atoms with E-state index in [4.69, 9.17) is 23.2 Å². The summed E-state index contributed by atoms with van der Waals surface area (Å²) in [6.45, 7) is 1.61. The average molecular weight is 293 g/mol. The van der Waals surface area contributed by atoms with Gasteiger partial charge in [0.1, 0.15) is 0 Å². The Balaban J connectivity index is 2.49. The third kappa shape index (κ3) is 2.73. The van der Waals surface area contributed by atoms with Gasteiger partial charge in [-0.05, 0) is 6.07 Å². The van der Waals surface area contributed by atoms with Crippen LogP contribution in [-0.2, 0) is 15.6 Å². The van der Waals surface area contributed by atoms with Gasteiger partial charge in [0.25, 0.3) is 0 Å². The normalized spacial score (nSPS) is 12.2. The molecule has 0 aromatic carbocycles. The summed E-state index contributed by atoms with van der Waals surface area (Å²) in [4.78, 5) is 4.18. The van der Waals surface area contributed by atoms with E-state index >= 15 is 0 Å². The molecule has 0 saturated carbocycles. The summed E-state index contributed by atoms with van der Waals surface area (Å²) in [5.41, 5.74) is 0.980. The van der Waals surface area contributed by atoms with E-state index in [9.17, 15) is 8.42 Å². The van der Waals surface area contributed by atoms with Crippen molar-refractivity contribution in [1.82, 2.24) is 9.38 Å². The van der Waals surface area contributed by atoms with Crippen LogP contribution in [0.3, 0.4) is 0 Å². The molecular weight excluding hydrogens is 283 g/mol. The fourth-order valence-corrected chi connectivity index (χ4v) is 2.79. The standard InChI is InChI=1S/C10H10Cl2N2O2S/c1-2-17(15,16)6-8-5-14-4-7(11)3-9(12)10(14)13-8/h3-5H,2,6H2,1H3. The number of pyridine rings is 1. The zero-order valence-electron chi connectivity index (χ0n) is 9.02. The van der Waals surface area contributed by atoms with Crippen LogP contribution in [0.2, 0.25) is 10.0 Å². The third-order valence-corrected chi connectivity index (χ3v) is 4.43. The van der Waals surface area contributed by atoms with E-state index in [1.165, 1.54) is 0 Å². The highest BCUT2D eigenvalue weighted by molar-refractivity contribution is 7.90. The molecular formula is C10H10Cl2N2O2S. The van der Waals surface area contributed by atoms with Crippen LogP contribution in [-0.4, -0.2) is 23.6 Å². The summed E-state index contributed by atoms with van der Waals surface area (Å²) < 4.78 is 24.6. The molecule has 0 N–H and O–H groups in total. The van der Waals surface area contributed by atoms with E-state index in [1.807, 2.05) is 0 Å². The highest BCUT2D eigenvalue weighted by Gasteiger charge is 2.13. The van der Waals surface area contributed by atoms with Crippen molar-refractivity contribution in [2.24, 2.45) is 0 Å². The van der Waals surface area contributed by atoms with Crippen molar-refractivity contribution in [1.29, 1.82) is 0 Å². The van der Waals surface area contributed by atoms with Crippen LogP contribution in [0.1, 0.15) is 12.6 Å². The zero-order valence-corrected chi connectivity index (χ0v) is 11.3. The lowest BCUT2D eigenvalue weighted by Crippen LogP contribution is -2.06. The smallest absolute Gasteiger partial charge is 0.155 e. The molecule has 2 heterocycles. The predicted molar refractivity (Wildman–Crippen MR) is 68.4 cm³/mol. The van der Waals surface area contributed by atoms with Gasteiger partial charge < -0.3 is 4.40 Å². The number of aromatic nitrogens is 2. The first-order chi connectivity index (χ1) is 7.91. The number of nitrogens with zero attached hydrogens (tertiary/aromatic N) is 2. The van der Waals surface area contributed by atoms with Crippen molar-refractivity contribution < 1.29 is 8.42 Å². The van der Waals surface area contributed by atoms with E-state index in [2.05, 4.69) is 4.98 Å². The monoisotopic (exact) mass is 292 g/mol. The van der Waals surface area contributed by atoms with E-state index in [0.29, 0.717) is 21.4 Å². The highest BCUT2D eigenvalue weighted by atomic mass is 35.5. The minimum atomic E-state index is -3.10. The summed E-state index contributed by atoms with van der Waals surface area (Å²) >= 11 is 11.8. The number of sulfone groups is 1. The first-order valence-electron chi connectivity index (χ1n) is 4.94. The van der Waals surface area contributed by atoms with Crippen LogP contribution in [0.4, 0.5) is 0 Å². The number of halogens is 2. The van der Waals surface area contributed by atoms with Crippen LogP contribution in [0.5, 0.6) is 0 Å². The molecule has 0 fully saturated rings. The van der Waals surface area contributed by atoms with E-state index < -0.39 is 9.84 Å². The molecule has 0 saturated heterocycles. The molecule has 2 aromatic rings. The molecule has 7 heteroatoms. The van der Waals surface area contributed by atoms with Crippen molar-refractivity contribution in [2.45, 2.75) is 12.7 Å². The van der Waals surface area contributed by atoms with Crippen LogP contribution in [0.15, 0.2) is 18.5 Å². The zero-order chi connectivity index (χ0) is 12.6. The molecule has 17 heavy (non-hydrogen) atoms. The van der Waals surface area contributed by atoms with E-state index in [0.717, 1.165) is 0 Å². The Kier molecular flexibility index (Phi) is 3.34. The molecule has 0 amide bonds. The second-order valence-corrected chi connectivity index (χ2v) is 6.84. The van der Waals surface area contributed by atoms with Crippen molar-refractivity contribution in [2.75, 3.05) is 5.75 Å². The lowest BCUT2D eigenvalue weighted by molar-refractivity contribution is 0.596. The molecule has 2 aromatic heterocycles. The SMILES string of the molecule is CCS(=O)(=O)Cc1cn2cc(Cl)cc(Cl)c2n1. The van der Waals surface area contributed by atoms with Gasteiger partial charge in [0.05, 0.1) is 21.5 Å². The number of hydrogen-bond donors (Lipinski definition) is 0. The summed E-state index contributed by atoms with van der Waals surface area (Å²) in [5.74, 6) is 0.00842. The fourth-order valence-electron chi connectivity index (χ4n) is 1.47. The van der Waals surface area contributed by atoms with Gasteiger partial charge in [0, 0.05) is 18.1 Å². The second-order valence-electron chi connectivity index (χ2n) is 3.65. The molecule has 92 valence electrons. The maximum absolute atomic E-state index is 11.5. The van der Waals surface area contributed by atoms with Gasteiger partial charge in [0.2, 0.25) is 0 Å². The van der Waals surface area contributed by atoms with Gasteiger partial charge in [0.15, 0.2) is 15.5 Å².